The third-order valence-corrected chi connectivity index (χ3v) is 7.76. The highest BCUT2D eigenvalue weighted by atomic mass is 16.5. The van der Waals surface area contributed by atoms with Gasteiger partial charge in [0, 0.05) is 31.7 Å². The molecule has 4 aliphatic rings. The monoisotopic (exact) mass is 473 g/mol. The van der Waals surface area contributed by atoms with Crippen LogP contribution in [0.5, 0.6) is 0 Å². The van der Waals surface area contributed by atoms with Crippen molar-refractivity contribution in [1.82, 2.24) is 25.2 Å². The lowest BCUT2D eigenvalue weighted by atomic mass is 9.85. The fraction of sp³-hybridized carbons (Fsp3) is 0.840. The molecule has 2 saturated carbocycles. The number of carbonyl (C=O) groups excluding carboxylic acids is 2. The molecule has 2 unspecified atom stereocenters. The van der Waals surface area contributed by atoms with Crippen LogP contribution in [0, 0.1) is 11.3 Å². The number of aliphatic hydroxyl groups excluding tert-OH is 1. The van der Waals surface area contributed by atoms with Crippen molar-refractivity contribution in [1.29, 1.82) is 0 Å². The summed E-state index contributed by atoms with van der Waals surface area (Å²) in [5.41, 5.74) is 0.490. The summed E-state index contributed by atoms with van der Waals surface area (Å²) >= 11 is 0. The molecule has 3 heterocycles. The van der Waals surface area contributed by atoms with E-state index in [1.165, 1.54) is 0 Å². The second-order valence-electron chi connectivity index (χ2n) is 11.8. The van der Waals surface area contributed by atoms with Crippen LogP contribution in [-0.2, 0) is 14.3 Å². The highest BCUT2D eigenvalue weighted by Gasteiger charge is 2.47. The number of nitrogens with zero attached hydrogens (tertiary/aromatic N) is 4. The summed E-state index contributed by atoms with van der Waals surface area (Å²) in [7, 11) is 0. The standard InChI is InChI=1S/C25H39N5O4/c1-25(2,3)22(30-14-18(27-28-30)15-7-8-15)24(33)29-13-17(31)12-19(29)23(32)26-21(16-9-10-16)20-6-4-5-11-34-20/h14-17,19-22,31H,4-13H2,1-3H3,(H,26,32)/t17-,19+,20?,21?,22-/m1/s1. The molecule has 34 heavy (non-hydrogen) atoms. The van der Waals surface area contributed by atoms with Gasteiger partial charge in [-0.2, -0.15) is 0 Å². The molecule has 188 valence electrons. The average molecular weight is 474 g/mol. The van der Waals surface area contributed by atoms with Crippen LogP contribution in [0.15, 0.2) is 6.20 Å². The Kier molecular flexibility index (Phi) is 6.44. The molecule has 5 rings (SSSR count). The Hall–Kier alpha value is -2.00. The van der Waals surface area contributed by atoms with Crippen molar-refractivity contribution in [2.45, 2.75) is 108 Å². The predicted octanol–water partition coefficient (Wildman–Crippen LogP) is 2.17. The zero-order valence-corrected chi connectivity index (χ0v) is 20.7. The SMILES string of the molecule is CC(C)(C)[C@@H](C(=O)N1C[C@H](O)C[C@H]1C(=O)NC(C1CC1)C1CCCCO1)n1cc(C2CC2)nn1. The largest absolute Gasteiger partial charge is 0.391 e. The lowest BCUT2D eigenvalue weighted by molar-refractivity contribution is -0.144. The minimum Gasteiger partial charge on any atom is -0.391 e. The van der Waals surface area contributed by atoms with Crippen LogP contribution in [0.1, 0.15) is 89.8 Å². The molecule has 9 nitrogen and oxygen atoms in total. The number of hydrogen-bond donors (Lipinski definition) is 2. The smallest absolute Gasteiger partial charge is 0.248 e. The Bertz CT molecular complexity index is 897. The van der Waals surface area contributed by atoms with E-state index in [1.54, 1.807) is 9.58 Å². The minimum atomic E-state index is -0.719. The summed E-state index contributed by atoms with van der Waals surface area (Å²) in [4.78, 5) is 29.0. The van der Waals surface area contributed by atoms with Crippen LogP contribution in [-0.4, -0.2) is 74.3 Å². The summed E-state index contributed by atoms with van der Waals surface area (Å²) in [6.45, 7) is 6.89. The van der Waals surface area contributed by atoms with Crippen LogP contribution in [0.3, 0.4) is 0 Å². The first-order valence-corrected chi connectivity index (χ1v) is 13.0. The quantitative estimate of drug-likeness (QED) is 0.628. The number of aromatic nitrogens is 3. The first-order valence-electron chi connectivity index (χ1n) is 13.0. The fourth-order valence-corrected chi connectivity index (χ4v) is 5.61. The lowest BCUT2D eigenvalue weighted by Gasteiger charge is -2.36. The second-order valence-corrected chi connectivity index (χ2v) is 11.8. The van der Waals surface area contributed by atoms with Gasteiger partial charge in [0.25, 0.3) is 0 Å². The minimum absolute atomic E-state index is 0.0164. The molecule has 2 saturated heterocycles. The molecule has 2 aliphatic carbocycles. The summed E-state index contributed by atoms with van der Waals surface area (Å²) in [6, 6.07) is -1.31. The molecule has 2 N–H and O–H groups in total. The normalized spacial score (nSPS) is 29.6. The van der Waals surface area contributed by atoms with E-state index in [2.05, 4.69) is 15.6 Å². The van der Waals surface area contributed by atoms with Gasteiger partial charge in [0.15, 0.2) is 0 Å². The van der Waals surface area contributed by atoms with E-state index in [0.717, 1.165) is 57.2 Å². The maximum Gasteiger partial charge on any atom is 0.248 e. The summed E-state index contributed by atoms with van der Waals surface area (Å²) in [6.07, 6.45) is 9.02. The van der Waals surface area contributed by atoms with E-state index in [0.29, 0.717) is 11.8 Å². The topological polar surface area (TPSA) is 110 Å². The van der Waals surface area contributed by atoms with Crippen molar-refractivity contribution < 1.29 is 19.4 Å². The molecule has 9 heteroatoms. The number of β-amino-alcohol motifs (C(OH)–C–C–N with tert-alkyl or cyclic N) is 1. The van der Waals surface area contributed by atoms with Crippen molar-refractivity contribution in [2.24, 2.45) is 11.3 Å². The van der Waals surface area contributed by atoms with Crippen LogP contribution >= 0.6 is 0 Å². The number of amides is 2. The van der Waals surface area contributed by atoms with E-state index in [4.69, 9.17) is 4.74 Å². The maximum absolute atomic E-state index is 13.9. The van der Waals surface area contributed by atoms with Gasteiger partial charge in [0.05, 0.1) is 23.9 Å². The van der Waals surface area contributed by atoms with Gasteiger partial charge in [-0.3, -0.25) is 9.59 Å². The Labute approximate surface area is 201 Å². The van der Waals surface area contributed by atoms with E-state index < -0.39 is 23.6 Å². The molecule has 1 aromatic heterocycles. The Morgan fingerprint density at radius 1 is 1.18 bits per heavy atom. The van der Waals surface area contributed by atoms with E-state index in [-0.39, 0.29) is 36.9 Å². The van der Waals surface area contributed by atoms with Crippen LogP contribution in [0.4, 0.5) is 0 Å². The number of nitrogens with one attached hydrogen (secondary N) is 1. The Morgan fingerprint density at radius 2 is 1.94 bits per heavy atom. The molecule has 0 bridgehead atoms. The zero-order chi connectivity index (χ0) is 24.0. The lowest BCUT2D eigenvalue weighted by Crippen LogP contribution is -2.55. The second kappa shape index (κ2) is 9.22. The molecule has 1 aromatic rings. The average Bonchev–Trinajstić information content (AvgIpc) is 3.72. The molecule has 0 aromatic carbocycles. The highest BCUT2D eigenvalue weighted by Crippen LogP contribution is 2.41. The van der Waals surface area contributed by atoms with Crippen molar-refractivity contribution in [3.8, 4) is 0 Å². The first-order chi connectivity index (χ1) is 16.2. The summed E-state index contributed by atoms with van der Waals surface area (Å²) in [5, 5.41) is 22.3. The van der Waals surface area contributed by atoms with Gasteiger partial charge >= 0.3 is 0 Å². The zero-order valence-electron chi connectivity index (χ0n) is 20.7. The van der Waals surface area contributed by atoms with Crippen LogP contribution < -0.4 is 5.32 Å². The number of ether oxygens (including phenoxy) is 1. The van der Waals surface area contributed by atoms with E-state index >= 15 is 0 Å². The van der Waals surface area contributed by atoms with Gasteiger partial charge in [-0.25, -0.2) is 4.68 Å². The van der Waals surface area contributed by atoms with Crippen molar-refractivity contribution in [3.05, 3.63) is 11.9 Å². The number of hydrogen-bond acceptors (Lipinski definition) is 6. The van der Waals surface area contributed by atoms with Gasteiger partial charge in [0.1, 0.15) is 12.1 Å². The number of aliphatic hydroxyl groups is 1. The molecule has 2 aliphatic heterocycles. The molecule has 5 atom stereocenters. The van der Waals surface area contributed by atoms with E-state index in [1.807, 2.05) is 27.0 Å². The van der Waals surface area contributed by atoms with Gasteiger partial charge in [-0.1, -0.05) is 26.0 Å². The number of likely N-dealkylation sites (tertiary alicyclic amines) is 1. The molecule has 0 radical (unpaired) electrons. The molecular formula is C25H39N5O4. The maximum atomic E-state index is 13.9. The Morgan fingerprint density at radius 3 is 2.56 bits per heavy atom. The molecule has 2 amide bonds. The van der Waals surface area contributed by atoms with Gasteiger partial charge in [0.2, 0.25) is 11.8 Å². The van der Waals surface area contributed by atoms with Gasteiger partial charge in [-0.05, 0) is 56.3 Å². The van der Waals surface area contributed by atoms with Crippen LogP contribution in [0.2, 0.25) is 0 Å². The summed E-state index contributed by atoms with van der Waals surface area (Å²) < 4.78 is 7.67. The molecule has 0 spiro atoms. The third kappa shape index (κ3) is 5.00. The van der Waals surface area contributed by atoms with Crippen molar-refractivity contribution in [2.75, 3.05) is 13.2 Å². The van der Waals surface area contributed by atoms with Crippen LogP contribution in [0.25, 0.3) is 0 Å². The van der Waals surface area contributed by atoms with Crippen molar-refractivity contribution >= 4 is 11.8 Å². The predicted molar refractivity (Wildman–Crippen MR) is 125 cm³/mol. The molecule has 4 fully saturated rings. The van der Waals surface area contributed by atoms with Gasteiger partial charge in [-0.15, -0.1) is 5.10 Å². The molecular weight excluding hydrogens is 434 g/mol. The summed E-state index contributed by atoms with van der Waals surface area (Å²) in [5.74, 6) is 0.521. The van der Waals surface area contributed by atoms with E-state index in [9.17, 15) is 14.7 Å². The first kappa shape index (κ1) is 23.7. The fourth-order valence-electron chi connectivity index (χ4n) is 5.61. The van der Waals surface area contributed by atoms with Crippen molar-refractivity contribution in [3.63, 3.8) is 0 Å². The number of rotatable bonds is 7. The highest BCUT2D eigenvalue weighted by molar-refractivity contribution is 5.90. The third-order valence-electron chi connectivity index (χ3n) is 7.76. The number of carbonyl (C=O) groups is 2. The Balaban J connectivity index is 1.34. The van der Waals surface area contributed by atoms with Gasteiger partial charge < -0.3 is 20.1 Å².